The first-order valence-corrected chi connectivity index (χ1v) is 9.27. The molecule has 0 aliphatic rings. The Hall–Kier alpha value is -2.16. The number of fused-ring (bicyclic) bond motifs is 1. The summed E-state index contributed by atoms with van der Waals surface area (Å²) < 4.78 is 31.7. The molecule has 6 nitrogen and oxygen atoms in total. The number of rotatable bonds is 3. The average molecular weight is 384 g/mol. The SMILES string of the molecule is CC(=O)N(c1ccc2oc(=O)sc2c1)S(=O)(=O)c1ccc(Cl)cc1. The van der Waals surface area contributed by atoms with E-state index in [9.17, 15) is 18.0 Å². The van der Waals surface area contributed by atoms with Gasteiger partial charge in [0.25, 0.3) is 10.0 Å². The lowest BCUT2D eigenvalue weighted by atomic mass is 10.3. The third-order valence-corrected chi connectivity index (χ3v) is 6.04. The standard InChI is InChI=1S/C15H10ClNO5S2/c1-9(18)17(24(20,21)12-5-2-10(16)3-6-12)11-4-7-13-14(8-11)23-15(19)22-13/h2-8H,1H3. The summed E-state index contributed by atoms with van der Waals surface area (Å²) in [6, 6.07) is 9.79. The van der Waals surface area contributed by atoms with E-state index in [0.717, 1.165) is 18.3 Å². The van der Waals surface area contributed by atoms with E-state index in [1.165, 1.54) is 42.5 Å². The third-order valence-electron chi connectivity index (χ3n) is 3.19. The van der Waals surface area contributed by atoms with Crippen LogP contribution >= 0.6 is 22.9 Å². The number of sulfonamides is 1. The molecule has 124 valence electrons. The summed E-state index contributed by atoms with van der Waals surface area (Å²) in [7, 11) is -4.11. The molecule has 0 N–H and O–H groups in total. The molecule has 0 atom stereocenters. The van der Waals surface area contributed by atoms with E-state index in [1.54, 1.807) is 0 Å². The number of carbonyl (C=O) groups excluding carboxylic acids is 1. The highest BCUT2D eigenvalue weighted by atomic mass is 35.5. The Morgan fingerprint density at radius 1 is 1.17 bits per heavy atom. The maximum Gasteiger partial charge on any atom is 0.396 e. The number of anilines is 1. The topological polar surface area (TPSA) is 84.7 Å². The number of amides is 1. The molecule has 0 fully saturated rings. The number of carbonyl (C=O) groups is 1. The van der Waals surface area contributed by atoms with E-state index in [1.807, 2.05) is 0 Å². The lowest BCUT2D eigenvalue weighted by molar-refractivity contribution is -0.115. The van der Waals surface area contributed by atoms with Crippen LogP contribution < -0.4 is 9.24 Å². The summed E-state index contributed by atoms with van der Waals surface area (Å²) in [6.45, 7) is 1.15. The highest BCUT2D eigenvalue weighted by Gasteiger charge is 2.29. The van der Waals surface area contributed by atoms with E-state index in [4.69, 9.17) is 16.0 Å². The molecule has 9 heteroatoms. The molecule has 0 unspecified atom stereocenters. The Bertz CT molecular complexity index is 1080. The minimum Gasteiger partial charge on any atom is -0.414 e. The van der Waals surface area contributed by atoms with Crippen molar-refractivity contribution in [3.8, 4) is 0 Å². The zero-order chi connectivity index (χ0) is 17.5. The van der Waals surface area contributed by atoms with Crippen molar-refractivity contribution < 1.29 is 17.6 Å². The van der Waals surface area contributed by atoms with Crippen molar-refractivity contribution in [1.29, 1.82) is 0 Å². The zero-order valence-electron chi connectivity index (χ0n) is 12.2. The van der Waals surface area contributed by atoms with Crippen LogP contribution in [0.4, 0.5) is 5.69 Å². The minimum absolute atomic E-state index is 0.0671. The number of hydrogen-bond acceptors (Lipinski definition) is 6. The first-order valence-electron chi connectivity index (χ1n) is 6.64. The number of benzene rings is 2. The lowest BCUT2D eigenvalue weighted by Gasteiger charge is -2.21. The molecular formula is C15H10ClNO5S2. The quantitative estimate of drug-likeness (QED) is 0.693. The molecule has 3 aromatic rings. The molecule has 24 heavy (non-hydrogen) atoms. The van der Waals surface area contributed by atoms with Crippen LogP contribution in [0.25, 0.3) is 10.3 Å². The largest absolute Gasteiger partial charge is 0.414 e. The maximum atomic E-state index is 12.8. The predicted molar refractivity (Wildman–Crippen MR) is 92.2 cm³/mol. The molecule has 1 amide bonds. The van der Waals surface area contributed by atoms with Gasteiger partial charge in [-0.15, -0.1) is 0 Å². The second-order valence-electron chi connectivity index (χ2n) is 4.83. The van der Waals surface area contributed by atoms with Gasteiger partial charge in [0.1, 0.15) is 5.58 Å². The van der Waals surface area contributed by atoms with Crippen molar-refractivity contribution in [2.75, 3.05) is 4.31 Å². The minimum atomic E-state index is -4.11. The van der Waals surface area contributed by atoms with Crippen molar-refractivity contribution >= 4 is 54.8 Å². The summed E-state index contributed by atoms with van der Waals surface area (Å²) >= 11 is 6.61. The van der Waals surface area contributed by atoms with Crippen molar-refractivity contribution in [2.45, 2.75) is 11.8 Å². The van der Waals surface area contributed by atoms with Gasteiger partial charge in [-0.1, -0.05) is 22.9 Å². The molecule has 1 aromatic heterocycles. The van der Waals surface area contributed by atoms with Crippen LogP contribution in [0.3, 0.4) is 0 Å². The van der Waals surface area contributed by atoms with Gasteiger partial charge in [-0.3, -0.25) is 4.79 Å². The second kappa shape index (κ2) is 6.04. The number of nitrogens with zero attached hydrogens (tertiary/aromatic N) is 1. The molecule has 0 radical (unpaired) electrons. The van der Waals surface area contributed by atoms with E-state index in [-0.39, 0.29) is 10.6 Å². The van der Waals surface area contributed by atoms with Crippen molar-refractivity contribution in [2.24, 2.45) is 0 Å². The average Bonchev–Trinajstić information content (AvgIpc) is 2.86. The molecule has 3 rings (SSSR count). The van der Waals surface area contributed by atoms with Gasteiger partial charge < -0.3 is 4.42 Å². The first-order chi connectivity index (χ1) is 11.3. The number of halogens is 1. The van der Waals surface area contributed by atoms with Crippen molar-refractivity contribution in [1.82, 2.24) is 0 Å². The zero-order valence-corrected chi connectivity index (χ0v) is 14.6. The van der Waals surface area contributed by atoms with Crippen LogP contribution in [0.1, 0.15) is 6.92 Å². The molecule has 1 heterocycles. The summed E-state index contributed by atoms with van der Waals surface area (Å²) in [6.07, 6.45) is 0. The van der Waals surface area contributed by atoms with E-state index < -0.39 is 20.9 Å². The fourth-order valence-electron chi connectivity index (χ4n) is 2.19. The smallest absolute Gasteiger partial charge is 0.396 e. The third kappa shape index (κ3) is 2.95. The Labute approximate surface area is 145 Å². The van der Waals surface area contributed by atoms with Gasteiger partial charge in [0.2, 0.25) is 5.91 Å². The number of hydrogen-bond donors (Lipinski definition) is 0. The molecule has 0 spiro atoms. The summed E-state index contributed by atoms with van der Waals surface area (Å²) in [4.78, 5) is 22.7. The van der Waals surface area contributed by atoms with Gasteiger partial charge in [0.05, 0.1) is 15.3 Å². The van der Waals surface area contributed by atoms with Crippen LogP contribution in [0.5, 0.6) is 0 Å². The van der Waals surface area contributed by atoms with E-state index in [2.05, 4.69) is 0 Å². The van der Waals surface area contributed by atoms with Gasteiger partial charge in [0, 0.05) is 11.9 Å². The molecule has 2 aromatic carbocycles. The summed E-state index contributed by atoms with van der Waals surface area (Å²) in [5.41, 5.74) is 0.461. The molecule has 0 bridgehead atoms. The first kappa shape index (κ1) is 16.7. The Morgan fingerprint density at radius 2 is 1.83 bits per heavy atom. The Kier molecular flexibility index (Phi) is 4.20. The van der Waals surface area contributed by atoms with Crippen LogP contribution in [0.15, 0.2) is 56.6 Å². The highest BCUT2D eigenvalue weighted by molar-refractivity contribution is 7.93. The Balaban J connectivity index is 2.16. The summed E-state index contributed by atoms with van der Waals surface area (Å²) in [5, 5.41) is 0.382. The van der Waals surface area contributed by atoms with Gasteiger partial charge in [-0.25, -0.2) is 17.5 Å². The van der Waals surface area contributed by atoms with Crippen LogP contribution in [-0.4, -0.2) is 14.3 Å². The normalized spacial score (nSPS) is 11.6. The molecule has 0 aliphatic heterocycles. The van der Waals surface area contributed by atoms with Crippen LogP contribution in [-0.2, 0) is 14.8 Å². The van der Waals surface area contributed by atoms with Gasteiger partial charge in [0.15, 0.2) is 0 Å². The lowest BCUT2D eigenvalue weighted by Crippen LogP contribution is -2.35. The van der Waals surface area contributed by atoms with Gasteiger partial charge >= 0.3 is 4.94 Å². The van der Waals surface area contributed by atoms with Gasteiger partial charge in [-0.2, -0.15) is 0 Å². The molecule has 0 saturated carbocycles. The van der Waals surface area contributed by atoms with Crippen LogP contribution in [0.2, 0.25) is 5.02 Å². The fourth-order valence-corrected chi connectivity index (χ4v) is 4.44. The van der Waals surface area contributed by atoms with Crippen molar-refractivity contribution in [3.63, 3.8) is 0 Å². The van der Waals surface area contributed by atoms with Gasteiger partial charge in [-0.05, 0) is 42.5 Å². The monoisotopic (exact) mass is 383 g/mol. The molecular weight excluding hydrogens is 374 g/mol. The maximum absolute atomic E-state index is 12.8. The summed E-state index contributed by atoms with van der Waals surface area (Å²) in [5.74, 6) is -0.680. The van der Waals surface area contributed by atoms with E-state index >= 15 is 0 Å². The van der Waals surface area contributed by atoms with Crippen molar-refractivity contribution in [3.05, 3.63) is 57.2 Å². The van der Waals surface area contributed by atoms with Crippen LogP contribution in [0, 0.1) is 0 Å². The fraction of sp³-hybridized carbons (Fsp3) is 0.0667. The predicted octanol–water partition coefficient (Wildman–Crippen LogP) is 3.25. The molecule has 0 saturated heterocycles. The Morgan fingerprint density at radius 3 is 2.46 bits per heavy atom. The highest BCUT2D eigenvalue weighted by Crippen LogP contribution is 2.29. The van der Waals surface area contributed by atoms with E-state index in [0.29, 0.717) is 19.6 Å². The molecule has 0 aliphatic carbocycles. The second-order valence-corrected chi connectivity index (χ2v) is 8.03.